The Labute approximate surface area is 117 Å². The largest absolute Gasteiger partial charge is 0.389 e. The second-order valence-electron chi connectivity index (χ2n) is 4.68. The van der Waals surface area contributed by atoms with E-state index in [4.69, 9.17) is 0 Å². The molecule has 1 atom stereocenters. The molecule has 0 aliphatic heterocycles. The van der Waals surface area contributed by atoms with E-state index in [0.29, 0.717) is 5.56 Å². The zero-order chi connectivity index (χ0) is 14.0. The second kappa shape index (κ2) is 5.76. The first kappa shape index (κ1) is 14.1. The third-order valence-electron chi connectivity index (χ3n) is 3.14. The van der Waals surface area contributed by atoms with Crippen molar-refractivity contribution < 1.29 is 9.50 Å². The predicted molar refractivity (Wildman–Crippen MR) is 77.1 cm³/mol. The van der Waals surface area contributed by atoms with Gasteiger partial charge < -0.3 is 5.11 Å². The number of aryl methyl sites for hydroxylation is 2. The summed E-state index contributed by atoms with van der Waals surface area (Å²) in [6.45, 7) is 5.70. The summed E-state index contributed by atoms with van der Waals surface area (Å²) >= 11 is 1.48. The molecule has 0 bridgehead atoms. The molecule has 2 aromatic carbocycles. The van der Waals surface area contributed by atoms with E-state index in [1.807, 2.05) is 12.1 Å². The van der Waals surface area contributed by atoms with Crippen LogP contribution in [0.2, 0.25) is 0 Å². The second-order valence-corrected chi connectivity index (χ2v) is 5.79. The molecular formula is C16H17FOS. The van der Waals surface area contributed by atoms with Crippen LogP contribution in [0.3, 0.4) is 0 Å². The van der Waals surface area contributed by atoms with Crippen molar-refractivity contribution in [3.63, 3.8) is 0 Å². The van der Waals surface area contributed by atoms with Crippen LogP contribution in [-0.2, 0) is 0 Å². The zero-order valence-electron chi connectivity index (χ0n) is 11.3. The fraction of sp³-hybridized carbons (Fsp3) is 0.250. The highest BCUT2D eigenvalue weighted by Crippen LogP contribution is 2.35. The van der Waals surface area contributed by atoms with Gasteiger partial charge in [-0.25, -0.2) is 4.39 Å². The maximum absolute atomic E-state index is 13.8. The Morgan fingerprint density at radius 3 is 2.47 bits per heavy atom. The molecule has 2 rings (SSSR count). The van der Waals surface area contributed by atoms with Crippen LogP contribution in [0.25, 0.3) is 0 Å². The monoisotopic (exact) mass is 276 g/mol. The lowest BCUT2D eigenvalue weighted by Gasteiger charge is -2.13. The highest BCUT2D eigenvalue weighted by Gasteiger charge is 2.14. The molecule has 3 heteroatoms. The number of hydrogen-bond acceptors (Lipinski definition) is 2. The highest BCUT2D eigenvalue weighted by molar-refractivity contribution is 7.99. The van der Waals surface area contributed by atoms with Crippen molar-refractivity contribution in [3.8, 4) is 0 Å². The van der Waals surface area contributed by atoms with E-state index in [0.717, 1.165) is 9.79 Å². The van der Waals surface area contributed by atoms with Gasteiger partial charge in [-0.05, 0) is 56.2 Å². The molecule has 0 spiro atoms. The van der Waals surface area contributed by atoms with Crippen LogP contribution in [-0.4, -0.2) is 5.11 Å². The molecule has 0 radical (unpaired) electrons. The van der Waals surface area contributed by atoms with E-state index in [1.54, 1.807) is 13.0 Å². The van der Waals surface area contributed by atoms with Crippen molar-refractivity contribution in [3.05, 3.63) is 58.9 Å². The van der Waals surface area contributed by atoms with Crippen molar-refractivity contribution in [1.82, 2.24) is 0 Å². The van der Waals surface area contributed by atoms with Gasteiger partial charge in [0, 0.05) is 15.4 Å². The third kappa shape index (κ3) is 3.17. The van der Waals surface area contributed by atoms with Gasteiger partial charge in [-0.15, -0.1) is 0 Å². The Morgan fingerprint density at radius 1 is 1.11 bits per heavy atom. The van der Waals surface area contributed by atoms with Crippen molar-refractivity contribution in [1.29, 1.82) is 0 Å². The average molecular weight is 276 g/mol. The van der Waals surface area contributed by atoms with Crippen molar-refractivity contribution >= 4 is 11.8 Å². The molecule has 0 amide bonds. The minimum absolute atomic E-state index is 0.358. The molecule has 0 fully saturated rings. The lowest BCUT2D eigenvalue weighted by molar-refractivity contribution is 0.191. The number of hydrogen-bond donors (Lipinski definition) is 1. The summed E-state index contributed by atoms with van der Waals surface area (Å²) < 4.78 is 13.8. The normalized spacial score (nSPS) is 12.5. The Bertz CT molecular complexity index is 593. The molecule has 1 nitrogen and oxygen atoms in total. The van der Waals surface area contributed by atoms with E-state index >= 15 is 0 Å². The predicted octanol–water partition coefficient (Wildman–Crippen LogP) is 4.65. The van der Waals surface area contributed by atoms with Crippen LogP contribution >= 0.6 is 11.8 Å². The molecule has 0 saturated carbocycles. The fourth-order valence-corrected chi connectivity index (χ4v) is 3.07. The van der Waals surface area contributed by atoms with E-state index in [2.05, 4.69) is 26.0 Å². The van der Waals surface area contributed by atoms with Gasteiger partial charge in [-0.2, -0.15) is 0 Å². The summed E-state index contributed by atoms with van der Waals surface area (Å²) in [7, 11) is 0. The summed E-state index contributed by atoms with van der Waals surface area (Å²) in [5, 5.41) is 9.71. The summed E-state index contributed by atoms with van der Waals surface area (Å²) in [6.07, 6.45) is -0.810. The molecule has 19 heavy (non-hydrogen) atoms. The SMILES string of the molecule is Cc1ccc(Sc2cccc(F)c2[C@@H](C)O)cc1C. The van der Waals surface area contributed by atoms with Gasteiger partial charge in [0.1, 0.15) is 5.82 Å². The molecule has 0 aliphatic carbocycles. The van der Waals surface area contributed by atoms with Gasteiger partial charge >= 0.3 is 0 Å². The minimum atomic E-state index is -0.810. The first-order valence-electron chi connectivity index (χ1n) is 6.20. The lowest BCUT2D eigenvalue weighted by atomic mass is 10.1. The topological polar surface area (TPSA) is 20.2 Å². The summed E-state index contributed by atoms with van der Waals surface area (Å²) in [5.41, 5.74) is 2.81. The molecule has 100 valence electrons. The van der Waals surface area contributed by atoms with E-state index in [-0.39, 0.29) is 5.82 Å². The number of aliphatic hydroxyl groups is 1. The van der Waals surface area contributed by atoms with Gasteiger partial charge in [0.2, 0.25) is 0 Å². The van der Waals surface area contributed by atoms with Crippen molar-refractivity contribution in [2.45, 2.75) is 36.7 Å². The Hall–Kier alpha value is -1.32. The molecule has 2 aromatic rings. The first-order chi connectivity index (χ1) is 8.99. The Balaban J connectivity index is 2.38. The number of rotatable bonds is 3. The number of halogens is 1. The maximum atomic E-state index is 13.8. The summed E-state index contributed by atoms with van der Waals surface area (Å²) in [4.78, 5) is 1.81. The highest BCUT2D eigenvalue weighted by atomic mass is 32.2. The van der Waals surface area contributed by atoms with E-state index in [1.165, 1.54) is 29.0 Å². The molecule has 0 heterocycles. The Morgan fingerprint density at radius 2 is 1.84 bits per heavy atom. The Kier molecular flexibility index (Phi) is 4.27. The number of benzene rings is 2. The van der Waals surface area contributed by atoms with Crippen LogP contribution in [0.15, 0.2) is 46.2 Å². The molecule has 1 N–H and O–H groups in total. The number of aliphatic hydroxyl groups excluding tert-OH is 1. The van der Waals surface area contributed by atoms with E-state index < -0.39 is 6.10 Å². The molecular weight excluding hydrogens is 259 g/mol. The smallest absolute Gasteiger partial charge is 0.130 e. The molecule has 0 aliphatic rings. The molecule has 0 unspecified atom stereocenters. The standard InChI is InChI=1S/C16H17FOS/c1-10-7-8-13(9-11(10)2)19-15-6-4-5-14(17)16(15)12(3)18/h4-9,12,18H,1-3H3/t12-/m1/s1. The van der Waals surface area contributed by atoms with Crippen LogP contribution < -0.4 is 0 Å². The van der Waals surface area contributed by atoms with Crippen LogP contribution in [0.5, 0.6) is 0 Å². The fourth-order valence-electron chi connectivity index (χ4n) is 1.92. The summed E-state index contributed by atoms with van der Waals surface area (Å²) in [6, 6.07) is 11.0. The molecule has 0 aromatic heterocycles. The van der Waals surface area contributed by atoms with Gasteiger partial charge in [0.05, 0.1) is 6.10 Å². The van der Waals surface area contributed by atoms with Crippen LogP contribution in [0, 0.1) is 19.7 Å². The van der Waals surface area contributed by atoms with Crippen LogP contribution in [0.1, 0.15) is 29.7 Å². The first-order valence-corrected chi connectivity index (χ1v) is 7.02. The minimum Gasteiger partial charge on any atom is -0.389 e. The zero-order valence-corrected chi connectivity index (χ0v) is 12.1. The van der Waals surface area contributed by atoms with Gasteiger partial charge in [-0.1, -0.05) is 23.9 Å². The van der Waals surface area contributed by atoms with Gasteiger partial charge in [-0.3, -0.25) is 0 Å². The maximum Gasteiger partial charge on any atom is 0.130 e. The quantitative estimate of drug-likeness (QED) is 0.880. The molecule has 0 saturated heterocycles. The third-order valence-corrected chi connectivity index (χ3v) is 4.20. The summed E-state index contributed by atoms with van der Waals surface area (Å²) in [5.74, 6) is -0.358. The van der Waals surface area contributed by atoms with Crippen molar-refractivity contribution in [2.24, 2.45) is 0 Å². The van der Waals surface area contributed by atoms with Crippen LogP contribution in [0.4, 0.5) is 4.39 Å². The lowest BCUT2D eigenvalue weighted by Crippen LogP contribution is -1.98. The van der Waals surface area contributed by atoms with Gasteiger partial charge in [0.15, 0.2) is 0 Å². The van der Waals surface area contributed by atoms with Crippen molar-refractivity contribution in [2.75, 3.05) is 0 Å². The average Bonchev–Trinajstić information content (AvgIpc) is 2.33. The van der Waals surface area contributed by atoms with Gasteiger partial charge in [0.25, 0.3) is 0 Å². The van der Waals surface area contributed by atoms with E-state index in [9.17, 15) is 9.50 Å².